The number of rotatable bonds is 5. The first-order valence-electron chi connectivity index (χ1n) is 9.84. The van der Waals surface area contributed by atoms with E-state index in [1.807, 2.05) is 0 Å². The summed E-state index contributed by atoms with van der Waals surface area (Å²) in [5.41, 5.74) is 0.869. The van der Waals surface area contributed by atoms with E-state index < -0.39 is 16.0 Å². The van der Waals surface area contributed by atoms with Crippen LogP contribution in [0.4, 0.5) is 5.69 Å². The predicted octanol–water partition coefficient (Wildman–Crippen LogP) is 4.84. The van der Waals surface area contributed by atoms with E-state index in [-0.39, 0.29) is 37.4 Å². The smallest absolute Gasteiger partial charge is 0.354 e. The fraction of sp³-hybridized carbons (Fsp3) is 0.0417. The first-order valence-corrected chi connectivity index (χ1v) is 12.1. The zero-order chi connectivity index (χ0) is 25.2. The number of carbonyl (C=O) groups is 1. The molecule has 0 fully saturated rings. The summed E-state index contributed by atoms with van der Waals surface area (Å²) in [5.74, 6) is 4.97. The summed E-state index contributed by atoms with van der Waals surface area (Å²) in [6.07, 6.45) is 2.79. The maximum absolute atomic E-state index is 13.4. The number of methoxy groups -OCH3 is 1. The molecular weight excluding hydrogens is 513 g/mol. The quantitative estimate of drug-likeness (QED) is 0.356. The maximum atomic E-state index is 13.4. The molecule has 4 rings (SSSR count). The van der Waals surface area contributed by atoms with Gasteiger partial charge in [-0.25, -0.2) is 18.2 Å². The molecule has 0 radical (unpaired) electrons. The highest BCUT2D eigenvalue weighted by atomic mass is 35.5. The summed E-state index contributed by atoms with van der Waals surface area (Å²) in [4.78, 5) is 18.9. The van der Waals surface area contributed by atoms with E-state index in [4.69, 9.17) is 33.0 Å². The second kappa shape index (κ2) is 9.80. The average Bonchev–Trinajstić information content (AvgIpc) is 2.84. The van der Waals surface area contributed by atoms with Crippen molar-refractivity contribution in [2.24, 2.45) is 0 Å². The number of fused-ring (bicyclic) bond motifs is 1. The summed E-state index contributed by atoms with van der Waals surface area (Å²) >= 11 is 12.3. The molecule has 0 unspecified atom stereocenters. The average molecular weight is 528 g/mol. The Bertz CT molecular complexity index is 1630. The fourth-order valence-electron chi connectivity index (χ4n) is 3.18. The van der Waals surface area contributed by atoms with Gasteiger partial charge in [0.25, 0.3) is 10.0 Å². The van der Waals surface area contributed by atoms with Gasteiger partial charge in [-0.05, 0) is 48.5 Å². The van der Waals surface area contributed by atoms with Crippen molar-refractivity contribution in [3.8, 4) is 17.6 Å². The lowest BCUT2D eigenvalue weighted by Gasteiger charge is -2.14. The Hall–Kier alpha value is -3.84. The monoisotopic (exact) mass is 527 g/mol. The first-order chi connectivity index (χ1) is 16.7. The number of hydrogen-bond donors (Lipinski definition) is 2. The lowest BCUT2D eigenvalue weighted by Crippen LogP contribution is -2.15. The minimum atomic E-state index is -4.13. The Morgan fingerprint density at radius 1 is 1.06 bits per heavy atom. The predicted molar refractivity (Wildman–Crippen MR) is 133 cm³/mol. The number of aromatic carboxylic acids is 1. The van der Waals surface area contributed by atoms with Crippen LogP contribution in [0.2, 0.25) is 10.0 Å². The van der Waals surface area contributed by atoms with Crippen LogP contribution >= 0.6 is 23.2 Å². The van der Waals surface area contributed by atoms with Crippen molar-refractivity contribution in [2.45, 2.75) is 4.90 Å². The minimum absolute atomic E-state index is 0.0626. The van der Waals surface area contributed by atoms with Crippen molar-refractivity contribution in [3.05, 3.63) is 87.8 Å². The number of carboxylic acid groups (broad SMARTS) is 1. The molecule has 35 heavy (non-hydrogen) atoms. The van der Waals surface area contributed by atoms with Crippen molar-refractivity contribution < 1.29 is 23.1 Å². The van der Waals surface area contributed by atoms with Gasteiger partial charge in [-0.2, -0.15) is 0 Å². The summed E-state index contributed by atoms with van der Waals surface area (Å²) in [6.45, 7) is 0. The number of hydrogen-bond acceptors (Lipinski definition) is 6. The van der Waals surface area contributed by atoms with Crippen LogP contribution < -0.4 is 9.46 Å². The van der Waals surface area contributed by atoms with Crippen LogP contribution in [0.5, 0.6) is 5.75 Å². The van der Waals surface area contributed by atoms with Crippen LogP contribution in [-0.4, -0.2) is 36.6 Å². The third-order valence-electron chi connectivity index (χ3n) is 4.83. The van der Waals surface area contributed by atoms with Gasteiger partial charge < -0.3 is 9.84 Å². The van der Waals surface area contributed by atoms with Crippen LogP contribution in [0.3, 0.4) is 0 Å². The molecule has 0 bridgehead atoms. The van der Waals surface area contributed by atoms with E-state index in [0.717, 1.165) is 0 Å². The van der Waals surface area contributed by atoms with E-state index in [0.29, 0.717) is 16.7 Å². The van der Waals surface area contributed by atoms with Crippen molar-refractivity contribution in [1.82, 2.24) is 9.97 Å². The zero-order valence-corrected chi connectivity index (χ0v) is 20.2. The molecule has 2 heterocycles. The molecule has 2 aromatic carbocycles. The number of nitrogens with zero attached hydrogens (tertiary/aromatic N) is 2. The SMILES string of the molecule is COc1ccc(S(=O)(=O)Nc2cc(Cl)c(Cl)cc2C#Cc2ccc(C(=O)O)nc2)c2ncccc12. The minimum Gasteiger partial charge on any atom is -0.496 e. The molecule has 11 heteroatoms. The molecule has 0 aliphatic heterocycles. The fourth-order valence-corrected chi connectivity index (χ4v) is 4.74. The third kappa shape index (κ3) is 5.15. The van der Waals surface area contributed by atoms with Crippen LogP contribution in [0.25, 0.3) is 10.9 Å². The molecule has 4 aromatic rings. The summed E-state index contributed by atoms with van der Waals surface area (Å²) in [6, 6.07) is 11.9. The van der Waals surface area contributed by atoms with Crippen molar-refractivity contribution >= 4 is 55.8 Å². The Morgan fingerprint density at radius 2 is 1.83 bits per heavy atom. The molecule has 0 saturated heterocycles. The van der Waals surface area contributed by atoms with Gasteiger partial charge in [-0.1, -0.05) is 35.0 Å². The number of carboxylic acids is 1. The van der Waals surface area contributed by atoms with Crippen LogP contribution in [0.1, 0.15) is 21.6 Å². The van der Waals surface area contributed by atoms with Crippen molar-refractivity contribution in [1.29, 1.82) is 0 Å². The van der Waals surface area contributed by atoms with Crippen molar-refractivity contribution in [2.75, 3.05) is 11.8 Å². The summed E-state index contributed by atoms with van der Waals surface area (Å²) in [5, 5.41) is 9.80. The molecule has 0 aliphatic rings. The molecule has 0 amide bonds. The highest BCUT2D eigenvalue weighted by Gasteiger charge is 2.22. The number of halogens is 2. The van der Waals surface area contributed by atoms with Gasteiger partial charge in [0.1, 0.15) is 16.3 Å². The van der Waals surface area contributed by atoms with Crippen molar-refractivity contribution in [3.63, 3.8) is 0 Å². The molecule has 0 atom stereocenters. The highest BCUT2D eigenvalue weighted by Crippen LogP contribution is 2.33. The molecule has 0 spiro atoms. The molecule has 2 N–H and O–H groups in total. The number of nitrogens with one attached hydrogen (secondary N) is 1. The van der Waals surface area contributed by atoms with E-state index in [9.17, 15) is 13.2 Å². The number of anilines is 1. The van der Waals surface area contributed by atoms with Crippen LogP contribution in [0.15, 0.2) is 65.8 Å². The van der Waals surface area contributed by atoms with Gasteiger partial charge in [0, 0.05) is 23.3 Å². The summed E-state index contributed by atoms with van der Waals surface area (Å²) in [7, 11) is -2.64. The topological polar surface area (TPSA) is 118 Å². The molecular formula is C24H15Cl2N3O5S. The molecule has 2 aromatic heterocycles. The van der Waals surface area contributed by atoms with Gasteiger partial charge >= 0.3 is 5.97 Å². The number of sulfonamides is 1. The largest absolute Gasteiger partial charge is 0.496 e. The Morgan fingerprint density at radius 3 is 2.51 bits per heavy atom. The lowest BCUT2D eigenvalue weighted by atomic mass is 10.1. The number of benzene rings is 2. The molecule has 0 aliphatic carbocycles. The lowest BCUT2D eigenvalue weighted by molar-refractivity contribution is 0.0690. The zero-order valence-electron chi connectivity index (χ0n) is 17.9. The number of ether oxygens (including phenoxy) is 1. The van der Waals surface area contributed by atoms with E-state index >= 15 is 0 Å². The van der Waals surface area contributed by atoms with E-state index in [2.05, 4.69) is 26.5 Å². The third-order valence-corrected chi connectivity index (χ3v) is 6.95. The van der Waals surface area contributed by atoms with Gasteiger partial charge in [0.2, 0.25) is 0 Å². The molecule has 176 valence electrons. The van der Waals surface area contributed by atoms with Gasteiger partial charge in [0.05, 0.1) is 33.9 Å². The standard InChI is InChI=1S/C24H15Cl2N3O5S/c1-34-21-8-9-22(23-16(21)3-2-10-27-23)35(32,33)29-20-12-18(26)17(25)11-15(20)6-4-14-5-7-19(24(30)31)28-13-14/h2-3,5,7-13,29H,1H3,(H,30,31). The number of pyridine rings is 2. The van der Waals surface area contributed by atoms with Crippen LogP contribution in [-0.2, 0) is 10.0 Å². The molecule has 8 nitrogen and oxygen atoms in total. The normalized spacial score (nSPS) is 10.9. The summed E-state index contributed by atoms with van der Waals surface area (Å²) < 4.78 is 34.5. The van der Waals surface area contributed by atoms with E-state index in [1.54, 1.807) is 18.2 Å². The second-order valence-electron chi connectivity index (χ2n) is 7.07. The van der Waals surface area contributed by atoms with E-state index in [1.165, 1.54) is 49.8 Å². The maximum Gasteiger partial charge on any atom is 0.354 e. The Kier molecular flexibility index (Phi) is 6.80. The van der Waals surface area contributed by atoms with Gasteiger partial charge in [0.15, 0.2) is 0 Å². The number of aromatic nitrogens is 2. The van der Waals surface area contributed by atoms with Gasteiger partial charge in [-0.15, -0.1) is 0 Å². The van der Waals surface area contributed by atoms with Gasteiger partial charge in [-0.3, -0.25) is 9.71 Å². The first kappa shape index (κ1) is 24.3. The molecule has 0 saturated carbocycles. The Labute approximate surface area is 210 Å². The Balaban J connectivity index is 1.76. The highest BCUT2D eigenvalue weighted by molar-refractivity contribution is 7.93. The van der Waals surface area contributed by atoms with Crippen LogP contribution in [0, 0.1) is 11.8 Å². The second-order valence-corrected chi connectivity index (χ2v) is 9.54.